The monoisotopic (exact) mass is 391 g/mol. The van der Waals surface area contributed by atoms with E-state index in [-0.39, 0.29) is 5.91 Å². The number of tetrazole rings is 1. The van der Waals surface area contributed by atoms with Gasteiger partial charge >= 0.3 is 0 Å². The van der Waals surface area contributed by atoms with Gasteiger partial charge in [0.05, 0.1) is 6.54 Å². The molecule has 0 aliphatic rings. The Labute approximate surface area is 167 Å². The van der Waals surface area contributed by atoms with Gasteiger partial charge in [-0.15, -0.1) is 21.5 Å². The SMILES string of the molecule is O=C(CCCn1nnc(-c2ccccc2)n1)NCCc1csc2ccccc12. The molecular weight excluding hydrogens is 370 g/mol. The van der Waals surface area contributed by atoms with Crippen molar-refractivity contribution in [2.75, 3.05) is 6.54 Å². The Balaban J connectivity index is 1.19. The minimum absolute atomic E-state index is 0.0583. The van der Waals surface area contributed by atoms with Crippen LogP contribution in [-0.2, 0) is 17.8 Å². The molecule has 2 heterocycles. The number of carbonyl (C=O) groups excluding carboxylic acids is 1. The van der Waals surface area contributed by atoms with Crippen molar-refractivity contribution in [2.24, 2.45) is 0 Å². The van der Waals surface area contributed by atoms with Gasteiger partial charge in [0.2, 0.25) is 11.7 Å². The van der Waals surface area contributed by atoms with Crippen molar-refractivity contribution in [3.8, 4) is 11.4 Å². The average Bonchev–Trinajstić information content (AvgIpc) is 3.36. The number of hydrogen-bond acceptors (Lipinski definition) is 5. The summed E-state index contributed by atoms with van der Waals surface area (Å²) in [7, 11) is 0. The number of thiophene rings is 1. The minimum Gasteiger partial charge on any atom is -0.356 e. The first-order chi connectivity index (χ1) is 13.8. The molecule has 0 spiro atoms. The van der Waals surface area contributed by atoms with E-state index in [0.29, 0.717) is 31.8 Å². The third-order valence-corrected chi connectivity index (χ3v) is 5.54. The van der Waals surface area contributed by atoms with E-state index in [0.717, 1.165) is 12.0 Å². The van der Waals surface area contributed by atoms with E-state index >= 15 is 0 Å². The van der Waals surface area contributed by atoms with Crippen LogP contribution < -0.4 is 5.32 Å². The van der Waals surface area contributed by atoms with Crippen LogP contribution >= 0.6 is 11.3 Å². The summed E-state index contributed by atoms with van der Waals surface area (Å²) in [5, 5.41) is 19.0. The normalized spacial score (nSPS) is 11.0. The summed E-state index contributed by atoms with van der Waals surface area (Å²) < 4.78 is 1.29. The fourth-order valence-corrected chi connectivity index (χ4v) is 4.07. The van der Waals surface area contributed by atoms with Crippen LogP contribution in [0.3, 0.4) is 0 Å². The Kier molecular flexibility index (Phi) is 5.72. The Hall–Kier alpha value is -3.06. The van der Waals surface area contributed by atoms with E-state index in [1.54, 1.807) is 16.1 Å². The van der Waals surface area contributed by atoms with Gasteiger partial charge in [0.15, 0.2) is 0 Å². The van der Waals surface area contributed by atoms with Gasteiger partial charge in [0, 0.05) is 23.2 Å². The zero-order chi connectivity index (χ0) is 19.2. The van der Waals surface area contributed by atoms with Gasteiger partial charge in [-0.25, -0.2) is 0 Å². The highest BCUT2D eigenvalue weighted by Gasteiger charge is 2.07. The third-order valence-electron chi connectivity index (χ3n) is 4.52. The number of aromatic nitrogens is 4. The molecule has 0 atom stereocenters. The summed E-state index contributed by atoms with van der Waals surface area (Å²) in [6.07, 6.45) is 1.98. The summed E-state index contributed by atoms with van der Waals surface area (Å²) in [5.41, 5.74) is 2.23. The summed E-state index contributed by atoms with van der Waals surface area (Å²) in [6, 6.07) is 18.1. The molecule has 142 valence electrons. The van der Waals surface area contributed by atoms with Crippen LogP contribution in [0.5, 0.6) is 0 Å². The lowest BCUT2D eigenvalue weighted by molar-refractivity contribution is -0.121. The molecule has 4 rings (SSSR count). The molecule has 4 aromatic rings. The molecule has 0 unspecified atom stereocenters. The van der Waals surface area contributed by atoms with Gasteiger partial charge in [-0.2, -0.15) is 4.80 Å². The molecule has 28 heavy (non-hydrogen) atoms. The highest BCUT2D eigenvalue weighted by Crippen LogP contribution is 2.25. The Morgan fingerprint density at radius 1 is 1.07 bits per heavy atom. The molecule has 0 bridgehead atoms. The largest absolute Gasteiger partial charge is 0.356 e. The molecule has 0 aliphatic heterocycles. The lowest BCUT2D eigenvalue weighted by Crippen LogP contribution is -2.25. The first-order valence-corrected chi connectivity index (χ1v) is 10.2. The molecule has 0 radical (unpaired) electrons. The number of fused-ring (bicyclic) bond motifs is 1. The number of hydrogen-bond donors (Lipinski definition) is 1. The number of aryl methyl sites for hydroxylation is 1. The van der Waals surface area contributed by atoms with E-state index in [9.17, 15) is 4.79 Å². The average molecular weight is 392 g/mol. The molecule has 2 aromatic carbocycles. The van der Waals surface area contributed by atoms with E-state index < -0.39 is 0 Å². The summed E-state index contributed by atoms with van der Waals surface area (Å²) >= 11 is 1.75. The number of benzene rings is 2. The zero-order valence-electron chi connectivity index (χ0n) is 15.4. The molecule has 1 amide bonds. The molecule has 0 saturated carbocycles. The van der Waals surface area contributed by atoms with Crippen LogP contribution in [0.2, 0.25) is 0 Å². The lowest BCUT2D eigenvalue weighted by atomic mass is 10.1. The van der Waals surface area contributed by atoms with E-state index in [1.165, 1.54) is 15.6 Å². The molecule has 0 saturated heterocycles. The van der Waals surface area contributed by atoms with Gasteiger partial charge in [0.25, 0.3) is 0 Å². The van der Waals surface area contributed by atoms with E-state index in [1.807, 2.05) is 30.3 Å². The molecule has 6 nitrogen and oxygen atoms in total. The van der Waals surface area contributed by atoms with Crippen LogP contribution in [0.15, 0.2) is 60.0 Å². The second kappa shape index (κ2) is 8.75. The van der Waals surface area contributed by atoms with Crippen molar-refractivity contribution in [3.63, 3.8) is 0 Å². The molecule has 7 heteroatoms. The smallest absolute Gasteiger partial charge is 0.220 e. The summed E-state index contributed by atoms with van der Waals surface area (Å²) in [4.78, 5) is 13.6. The maximum absolute atomic E-state index is 12.1. The first kappa shape index (κ1) is 18.3. The predicted molar refractivity (Wildman–Crippen MR) is 111 cm³/mol. The van der Waals surface area contributed by atoms with Crippen molar-refractivity contribution in [3.05, 3.63) is 65.5 Å². The van der Waals surface area contributed by atoms with Gasteiger partial charge in [-0.3, -0.25) is 4.79 Å². The summed E-state index contributed by atoms with van der Waals surface area (Å²) in [6.45, 7) is 1.22. The quantitative estimate of drug-likeness (QED) is 0.497. The fraction of sp³-hybridized carbons (Fsp3) is 0.238. The minimum atomic E-state index is 0.0583. The van der Waals surface area contributed by atoms with Gasteiger partial charge in [-0.05, 0) is 40.5 Å². The zero-order valence-corrected chi connectivity index (χ0v) is 16.2. The van der Waals surface area contributed by atoms with E-state index in [4.69, 9.17) is 0 Å². The van der Waals surface area contributed by atoms with Gasteiger partial charge < -0.3 is 5.32 Å². The van der Waals surface area contributed by atoms with Crippen LogP contribution in [0, 0.1) is 0 Å². The van der Waals surface area contributed by atoms with Crippen LogP contribution in [0.1, 0.15) is 18.4 Å². The van der Waals surface area contributed by atoms with Crippen LogP contribution in [0.4, 0.5) is 0 Å². The van der Waals surface area contributed by atoms with Gasteiger partial charge in [0.1, 0.15) is 0 Å². The molecular formula is C21H21N5OS. The standard InChI is InChI=1S/C21H21N5OS/c27-20(22-13-12-17-15-28-19-10-5-4-9-18(17)19)11-6-14-26-24-21(23-25-26)16-7-2-1-3-8-16/h1-5,7-10,15H,6,11-14H2,(H,22,27). The molecule has 0 fully saturated rings. The Morgan fingerprint density at radius 3 is 2.79 bits per heavy atom. The Morgan fingerprint density at radius 2 is 1.89 bits per heavy atom. The fourth-order valence-electron chi connectivity index (χ4n) is 3.07. The van der Waals surface area contributed by atoms with Crippen molar-refractivity contribution in [1.82, 2.24) is 25.5 Å². The van der Waals surface area contributed by atoms with Crippen molar-refractivity contribution in [2.45, 2.75) is 25.8 Å². The lowest BCUT2D eigenvalue weighted by Gasteiger charge is -2.05. The number of nitrogens with one attached hydrogen (secondary N) is 1. The van der Waals surface area contributed by atoms with Crippen LogP contribution in [-0.4, -0.2) is 32.7 Å². The third kappa shape index (κ3) is 4.43. The second-order valence-electron chi connectivity index (χ2n) is 6.54. The topological polar surface area (TPSA) is 72.7 Å². The molecule has 0 aliphatic carbocycles. The van der Waals surface area contributed by atoms with Gasteiger partial charge in [-0.1, -0.05) is 48.5 Å². The van der Waals surface area contributed by atoms with Crippen LogP contribution in [0.25, 0.3) is 21.5 Å². The number of amides is 1. The Bertz CT molecular complexity index is 1060. The van der Waals surface area contributed by atoms with Crippen molar-refractivity contribution in [1.29, 1.82) is 0 Å². The first-order valence-electron chi connectivity index (χ1n) is 9.34. The number of nitrogens with zero attached hydrogens (tertiary/aromatic N) is 4. The maximum Gasteiger partial charge on any atom is 0.220 e. The maximum atomic E-state index is 12.1. The highest BCUT2D eigenvalue weighted by atomic mass is 32.1. The number of rotatable bonds is 8. The van der Waals surface area contributed by atoms with Crippen molar-refractivity contribution >= 4 is 27.3 Å². The predicted octanol–water partition coefficient (Wildman–Crippen LogP) is 3.69. The number of carbonyl (C=O) groups is 1. The van der Waals surface area contributed by atoms with E-state index in [2.05, 4.69) is 50.4 Å². The molecule has 1 N–H and O–H groups in total. The second-order valence-corrected chi connectivity index (χ2v) is 7.45. The summed E-state index contributed by atoms with van der Waals surface area (Å²) in [5.74, 6) is 0.663. The van der Waals surface area contributed by atoms with Crippen molar-refractivity contribution < 1.29 is 4.79 Å². The molecule has 2 aromatic heterocycles. The highest BCUT2D eigenvalue weighted by molar-refractivity contribution is 7.17.